The average Bonchev–Trinajstić information content (AvgIpc) is 2.93. The van der Waals surface area contributed by atoms with Crippen molar-refractivity contribution in [1.82, 2.24) is 9.97 Å². The maximum Gasteiger partial charge on any atom is 0.110 e. The second kappa shape index (κ2) is 7.43. The number of fused-ring (bicyclic) bond motifs is 1. The van der Waals surface area contributed by atoms with Crippen LogP contribution >= 0.6 is 0 Å². The number of benzene rings is 1. The van der Waals surface area contributed by atoms with Crippen LogP contribution in [-0.4, -0.2) is 22.7 Å². The molecule has 120 valence electrons. The van der Waals surface area contributed by atoms with Gasteiger partial charge in [-0.3, -0.25) is 0 Å². The van der Waals surface area contributed by atoms with Gasteiger partial charge in [0.1, 0.15) is 5.82 Å². The van der Waals surface area contributed by atoms with Crippen LogP contribution < -0.4 is 0 Å². The smallest absolute Gasteiger partial charge is 0.110 e. The monoisotopic (exact) mass is 304 g/mol. The van der Waals surface area contributed by atoms with Gasteiger partial charge in [-0.2, -0.15) is 0 Å². The van der Waals surface area contributed by atoms with Gasteiger partial charge >= 0.3 is 0 Å². The maximum atomic E-state index is 13.7. The summed E-state index contributed by atoms with van der Waals surface area (Å²) in [4.78, 5) is 8.01. The first-order valence-corrected chi connectivity index (χ1v) is 7.94. The number of nitrogens with zero attached hydrogens (tertiary/aromatic N) is 1. The second-order valence-corrected chi connectivity index (χ2v) is 5.67. The Labute approximate surface area is 131 Å². The number of rotatable bonds is 7. The summed E-state index contributed by atoms with van der Waals surface area (Å²) in [5.41, 5.74) is 1.95. The highest BCUT2D eigenvalue weighted by atomic mass is 19.1. The van der Waals surface area contributed by atoms with Crippen LogP contribution in [0.1, 0.15) is 45.9 Å². The molecule has 0 amide bonds. The third kappa shape index (κ3) is 3.67. The number of halogens is 1. The Kier molecular flexibility index (Phi) is 5.58. The number of hydrogen-bond acceptors (Lipinski definition) is 2. The maximum absolute atomic E-state index is 13.7. The van der Waals surface area contributed by atoms with Crippen LogP contribution in [0, 0.1) is 5.92 Å². The number of allylic oxidation sites excluding steroid dienone is 2. The van der Waals surface area contributed by atoms with Gasteiger partial charge in [0.25, 0.3) is 0 Å². The van der Waals surface area contributed by atoms with E-state index in [4.69, 9.17) is 4.74 Å². The molecule has 4 heteroatoms. The first-order valence-electron chi connectivity index (χ1n) is 7.94. The predicted octanol–water partition coefficient (Wildman–Crippen LogP) is 4.97. The Hall–Kier alpha value is -1.84. The van der Waals surface area contributed by atoms with Gasteiger partial charge < -0.3 is 9.72 Å². The van der Waals surface area contributed by atoms with Crippen molar-refractivity contribution in [1.29, 1.82) is 0 Å². The molecular formula is C18H25FN2O. The molecule has 0 aliphatic rings. The fourth-order valence-corrected chi connectivity index (χ4v) is 2.87. The number of aromatic amines is 1. The molecule has 1 N–H and O–H groups in total. The van der Waals surface area contributed by atoms with Gasteiger partial charge in [-0.15, -0.1) is 0 Å². The van der Waals surface area contributed by atoms with Crippen LogP contribution in [0.3, 0.4) is 0 Å². The molecule has 0 saturated heterocycles. The molecule has 0 spiro atoms. The van der Waals surface area contributed by atoms with Gasteiger partial charge in [0, 0.05) is 11.8 Å². The largest absolute Gasteiger partial charge is 0.498 e. The lowest BCUT2D eigenvalue weighted by molar-refractivity contribution is 0.158. The lowest BCUT2D eigenvalue weighted by Gasteiger charge is -2.25. The van der Waals surface area contributed by atoms with Crippen LogP contribution in [0.5, 0.6) is 0 Å². The topological polar surface area (TPSA) is 37.9 Å². The van der Waals surface area contributed by atoms with Crippen molar-refractivity contribution < 1.29 is 9.13 Å². The minimum atomic E-state index is -0.882. The van der Waals surface area contributed by atoms with Gasteiger partial charge in [0.15, 0.2) is 0 Å². The van der Waals surface area contributed by atoms with E-state index in [1.165, 1.54) is 0 Å². The van der Waals surface area contributed by atoms with E-state index in [9.17, 15) is 4.39 Å². The lowest BCUT2D eigenvalue weighted by Crippen LogP contribution is -2.19. The zero-order valence-electron chi connectivity index (χ0n) is 13.8. The highest BCUT2D eigenvalue weighted by Gasteiger charge is 2.28. The Morgan fingerprint density at radius 2 is 2.09 bits per heavy atom. The molecule has 3 nitrogen and oxygen atoms in total. The standard InChI is InChI=1S/C18H25FN2O/c1-5-17(22-6-2)14(11-12(3)19)13(4)18-20-15-9-7-8-10-16(15)21-18/h5,7-10,12-14H,6,11H2,1-4H3,(H,20,21)/b17-5+. The molecule has 1 heterocycles. The van der Waals surface area contributed by atoms with E-state index in [1.54, 1.807) is 6.92 Å². The highest BCUT2D eigenvalue weighted by Crippen LogP contribution is 2.34. The normalized spacial score (nSPS) is 16.5. The van der Waals surface area contributed by atoms with E-state index in [1.807, 2.05) is 44.2 Å². The molecule has 1 aromatic heterocycles. The molecule has 3 unspecified atom stereocenters. The Bertz CT molecular complexity index is 600. The highest BCUT2D eigenvalue weighted by molar-refractivity contribution is 5.74. The summed E-state index contributed by atoms with van der Waals surface area (Å²) in [6.45, 7) is 8.14. The molecule has 22 heavy (non-hydrogen) atoms. The van der Waals surface area contributed by atoms with Crippen LogP contribution in [0.25, 0.3) is 11.0 Å². The van der Waals surface area contributed by atoms with Crippen molar-refractivity contribution in [2.45, 2.75) is 46.2 Å². The molecule has 0 saturated carbocycles. The molecule has 0 bridgehead atoms. The van der Waals surface area contributed by atoms with Crippen molar-refractivity contribution >= 4 is 11.0 Å². The third-order valence-corrected chi connectivity index (χ3v) is 3.98. The minimum absolute atomic E-state index is 0.0227. The van der Waals surface area contributed by atoms with E-state index < -0.39 is 6.17 Å². The summed E-state index contributed by atoms with van der Waals surface area (Å²) < 4.78 is 19.4. The zero-order valence-corrected chi connectivity index (χ0v) is 13.8. The number of imidazole rings is 1. The molecule has 1 aromatic carbocycles. The van der Waals surface area contributed by atoms with Gasteiger partial charge in [0.05, 0.1) is 29.6 Å². The summed E-state index contributed by atoms with van der Waals surface area (Å²) >= 11 is 0. The minimum Gasteiger partial charge on any atom is -0.498 e. The van der Waals surface area contributed by atoms with Crippen LogP contribution in [-0.2, 0) is 4.74 Å². The van der Waals surface area contributed by atoms with Crippen molar-refractivity contribution in [3.63, 3.8) is 0 Å². The number of hydrogen-bond donors (Lipinski definition) is 1. The summed E-state index contributed by atoms with van der Waals surface area (Å²) in [6.07, 6.45) is 1.49. The number of aromatic nitrogens is 2. The van der Waals surface area contributed by atoms with Crippen molar-refractivity contribution in [3.05, 3.63) is 41.9 Å². The molecule has 2 rings (SSSR count). The SMILES string of the molecule is C/C=C(/OCC)C(CC(C)F)C(C)c1nc2ccccc2[nH]1. The quantitative estimate of drug-likeness (QED) is 0.733. The average molecular weight is 304 g/mol. The lowest BCUT2D eigenvalue weighted by atomic mass is 9.86. The molecule has 0 aliphatic heterocycles. The number of ether oxygens (including phenoxy) is 1. The van der Waals surface area contributed by atoms with Crippen LogP contribution in [0.15, 0.2) is 36.1 Å². The summed E-state index contributed by atoms with van der Waals surface area (Å²) in [5.74, 6) is 1.76. The second-order valence-electron chi connectivity index (χ2n) is 5.67. The first kappa shape index (κ1) is 16.5. The number of nitrogens with one attached hydrogen (secondary N) is 1. The predicted molar refractivity (Wildman–Crippen MR) is 88.6 cm³/mol. The summed E-state index contributed by atoms with van der Waals surface area (Å²) in [6, 6.07) is 7.93. The first-order chi connectivity index (χ1) is 10.6. The van der Waals surface area contributed by atoms with Crippen LogP contribution in [0.2, 0.25) is 0 Å². The van der Waals surface area contributed by atoms with Crippen molar-refractivity contribution in [3.8, 4) is 0 Å². The molecule has 2 aromatic rings. The third-order valence-electron chi connectivity index (χ3n) is 3.98. The molecule has 0 aliphatic carbocycles. The van der Waals surface area contributed by atoms with Gasteiger partial charge in [0.2, 0.25) is 0 Å². The fraction of sp³-hybridized carbons (Fsp3) is 0.500. The Morgan fingerprint density at radius 1 is 1.36 bits per heavy atom. The Balaban J connectivity index is 2.32. The fourth-order valence-electron chi connectivity index (χ4n) is 2.87. The van der Waals surface area contributed by atoms with E-state index in [-0.39, 0.29) is 11.8 Å². The van der Waals surface area contributed by atoms with Crippen LogP contribution in [0.4, 0.5) is 4.39 Å². The van der Waals surface area contributed by atoms with Crippen molar-refractivity contribution in [2.24, 2.45) is 5.92 Å². The number of H-pyrrole nitrogens is 1. The summed E-state index contributed by atoms with van der Waals surface area (Å²) in [5, 5.41) is 0. The van der Waals surface area contributed by atoms with Crippen molar-refractivity contribution in [2.75, 3.05) is 6.61 Å². The van der Waals surface area contributed by atoms with Gasteiger partial charge in [-0.1, -0.05) is 19.1 Å². The van der Waals surface area contributed by atoms with E-state index >= 15 is 0 Å². The van der Waals surface area contributed by atoms with E-state index in [0.717, 1.165) is 22.6 Å². The van der Waals surface area contributed by atoms with E-state index in [2.05, 4.69) is 16.9 Å². The number of alkyl halides is 1. The number of para-hydroxylation sites is 2. The molecular weight excluding hydrogens is 279 g/mol. The van der Waals surface area contributed by atoms with E-state index in [0.29, 0.717) is 13.0 Å². The zero-order chi connectivity index (χ0) is 16.1. The molecule has 3 atom stereocenters. The van der Waals surface area contributed by atoms with Gasteiger partial charge in [-0.25, -0.2) is 9.37 Å². The molecule has 0 radical (unpaired) electrons. The Morgan fingerprint density at radius 3 is 2.68 bits per heavy atom. The molecule has 0 fully saturated rings. The van der Waals surface area contributed by atoms with Gasteiger partial charge in [-0.05, 0) is 45.4 Å². The summed E-state index contributed by atoms with van der Waals surface area (Å²) in [7, 11) is 0.